The van der Waals surface area contributed by atoms with Crippen LogP contribution in [0.2, 0.25) is 0 Å². The van der Waals surface area contributed by atoms with E-state index in [1.807, 2.05) is 0 Å². The minimum atomic E-state index is -4.57. The lowest BCUT2D eigenvalue weighted by Crippen LogP contribution is -2.25. The molecule has 2 aromatic heterocycles. The number of alkyl halides is 3. The number of amides is 1. The number of hydrogen-bond donors (Lipinski definition) is 2. The van der Waals surface area contributed by atoms with Crippen molar-refractivity contribution < 1.29 is 22.5 Å². The van der Waals surface area contributed by atoms with Gasteiger partial charge in [0.25, 0.3) is 5.91 Å². The Kier molecular flexibility index (Phi) is 3.96. The van der Waals surface area contributed by atoms with Gasteiger partial charge < -0.3 is 14.8 Å². The van der Waals surface area contributed by atoms with E-state index in [4.69, 9.17) is 4.52 Å². The van der Waals surface area contributed by atoms with Crippen LogP contribution in [0.3, 0.4) is 0 Å². The van der Waals surface area contributed by atoms with Crippen molar-refractivity contribution >= 4 is 16.9 Å². The van der Waals surface area contributed by atoms with Crippen molar-refractivity contribution in [2.45, 2.75) is 19.5 Å². The van der Waals surface area contributed by atoms with Gasteiger partial charge in [-0.1, -0.05) is 5.16 Å². The molecular formula is C14H12F3N5O2. The predicted molar refractivity (Wildman–Crippen MR) is 76.2 cm³/mol. The first-order chi connectivity index (χ1) is 11.3. The van der Waals surface area contributed by atoms with Gasteiger partial charge in [0.1, 0.15) is 0 Å². The third kappa shape index (κ3) is 3.36. The smallest absolute Gasteiger partial charge is 0.352 e. The highest BCUT2D eigenvalue weighted by atomic mass is 19.4. The molecule has 0 aliphatic rings. The number of aromatic amines is 1. The number of halogens is 3. The Morgan fingerprint density at radius 3 is 2.79 bits per heavy atom. The van der Waals surface area contributed by atoms with Crippen LogP contribution in [0, 0.1) is 6.92 Å². The van der Waals surface area contributed by atoms with Crippen LogP contribution in [-0.2, 0) is 12.6 Å². The minimum Gasteiger partial charge on any atom is -0.352 e. The monoisotopic (exact) mass is 339 g/mol. The number of imidazole rings is 1. The maximum Gasteiger partial charge on any atom is 0.449 e. The predicted octanol–water partition coefficient (Wildman–Crippen LogP) is 2.25. The number of aryl methyl sites for hydroxylation is 1. The van der Waals surface area contributed by atoms with Gasteiger partial charge in [0.15, 0.2) is 5.82 Å². The van der Waals surface area contributed by atoms with Crippen LogP contribution in [0.15, 0.2) is 22.7 Å². The number of carbonyl (C=O) groups excluding carboxylic acids is 1. The maximum atomic E-state index is 12.6. The van der Waals surface area contributed by atoms with Crippen LogP contribution in [0.25, 0.3) is 11.0 Å². The van der Waals surface area contributed by atoms with E-state index in [-0.39, 0.29) is 23.1 Å². The topological polar surface area (TPSA) is 96.7 Å². The Balaban J connectivity index is 1.68. The van der Waals surface area contributed by atoms with E-state index in [0.717, 1.165) is 0 Å². The Morgan fingerprint density at radius 1 is 1.33 bits per heavy atom. The van der Waals surface area contributed by atoms with Crippen LogP contribution in [0.1, 0.15) is 27.9 Å². The van der Waals surface area contributed by atoms with E-state index in [9.17, 15) is 18.0 Å². The number of benzene rings is 1. The number of rotatable bonds is 4. The van der Waals surface area contributed by atoms with Gasteiger partial charge in [0, 0.05) is 25.5 Å². The van der Waals surface area contributed by atoms with E-state index in [0.29, 0.717) is 18.1 Å². The van der Waals surface area contributed by atoms with Gasteiger partial charge in [0.2, 0.25) is 11.7 Å². The molecule has 0 radical (unpaired) electrons. The van der Waals surface area contributed by atoms with Crippen molar-refractivity contribution in [2.24, 2.45) is 0 Å². The number of carbonyl (C=O) groups is 1. The van der Waals surface area contributed by atoms with Crippen LogP contribution >= 0.6 is 0 Å². The largest absolute Gasteiger partial charge is 0.449 e. The van der Waals surface area contributed by atoms with E-state index < -0.39 is 17.9 Å². The molecule has 0 unspecified atom stereocenters. The Morgan fingerprint density at radius 2 is 2.12 bits per heavy atom. The van der Waals surface area contributed by atoms with Crippen molar-refractivity contribution in [3.63, 3.8) is 0 Å². The van der Waals surface area contributed by atoms with Gasteiger partial charge in [-0.25, -0.2) is 4.98 Å². The normalized spacial score (nSPS) is 11.8. The highest BCUT2D eigenvalue weighted by Gasteiger charge is 2.34. The average molecular weight is 339 g/mol. The summed E-state index contributed by atoms with van der Waals surface area (Å²) in [5.74, 6) is -0.615. The lowest BCUT2D eigenvalue weighted by atomic mass is 10.2. The highest BCUT2D eigenvalue weighted by Crippen LogP contribution is 2.28. The number of aromatic nitrogens is 4. The summed E-state index contributed by atoms with van der Waals surface area (Å²) in [6.45, 7) is 1.93. The molecule has 10 heteroatoms. The van der Waals surface area contributed by atoms with Crippen molar-refractivity contribution in [3.8, 4) is 0 Å². The van der Waals surface area contributed by atoms with E-state index >= 15 is 0 Å². The maximum absolute atomic E-state index is 12.6. The van der Waals surface area contributed by atoms with Gasteiger partial charge in [0.05, 0.1) is 11.0 Å². The zero-order chi connectivity index (χ0) is 17.3. The summed E-state index contributed by atoms with van der Waals surface area (Å²) in [6, 6.07) is 4.10. The molecule has 3 aromatic rings. The first-order valence-corrected chi connectivity index (χ1v) is 6.97. The molecule has 0 aliphatic carbocycles. The van der Waals surface area contributed by atoms with Gasteiger partial charge in [-0.2, -0.15) is 18.2 Å². The lowest BCUT2D eigenvalue weighted by molar-refractivity contribution is -0.144. The molecule has 1 aromatic carbocycles. The van der Waals surface area contributed by atoms with Gasteiger partial charge >= 0.3 is 6.18 Å². The summed E-state index contributed by atoms with van der Waals surface area (Å²) in [6.07, 6.45) is -4.18. The van der Waals surface area contributed by atoms with Crippen molar-refractivity contribution in [1.29, 1.82) is 0 Å². The van der Waals surface area contributed by atoms with Crippen molar-refractivity contribution in [3.05, 3.63) is 41.3 Å². The quantitative estimate of drug-likeness (QED) is 0.760. The summed E-state index contributed by atoms with van der Waals surface area (Å²) < 4.78 is 42.7. The van der Waals surface area contributed by atoms with Crippen LogP contribution in [0.5, 0.6) is 0 Å². The second kappa shape index (κ2) is 5.95. The van der Waals surface area contributed by atoms with Crippen molar-refractivity contribution in [1.82, 2.24) is 25.4 Å². The zero-order valence-electron chi connectivity index (χ0n) is 12.4. The number of H-pyrrole nitrogens is 1. The number of nitrogens with zero attached hydrogens (tertiary/aromatic N) is 3. The summed E-state index contributed by atoms with van der Waals surface area (Å²) in [4.78, 5) is 21.7. The standard InChI is InChI=1S/C14H12F3N5O2/c1-7-19-11(22-24-7)4-5-18-12(23)8-2-3-9-10(6-8)21-13(20-9)14(15,16)17/h2-3,6H,4-5H2,1H3,(H,18,23)(H,20,21). The summed E-state index contributed by atoms with van der Waals surface area (Å²) in [7, 11) is 0. The van der Waals surface area contributed by atoms with Gasteiger partial charge in [-0.05, 0) is 18.2 Å². The molecule has 0 atom stereocenters. The molecule has 3 rings (SSSR count). The molecule has 0 fully saturated rings. The minimum absolute atomic E-state index is 0.140. The van der Waals surface area contributed by atoms with Crippen LogP contribution in [0.4, 0.5) is 13.2 Å². The summed E-state index contributed by atoms with van der Waals surface area (Å²) in [5.41, 5.74) is 0.508. The molecule has 0 saturated carbocycles. The van der Waals surface area contributed by atoms with Crippen molar-refractivity contribution in [2.75, 3.05) is 6.54 Å². The first kappa shape index (κ1) is 16.0. The summed E-state index contributed by atoms with van der Waals surface area (Å²) >= 11 is 0. The average Bonchev–Trinajstić information content (AvgIpc) is 3.12. The fourth-order valence-electron chi connectivity index (χ4n) is 2.12. The fraction of sp³-hybridized carbons (Fsp3) is 0.286. The lowest BCUT2D eigenvalue weighted by Gasteiger charge is -2.03. The van der Waals surface area contributed by atoms with Crippen LogP contribution < -0.4 is 5.32 Å². The third-order valence-electron chi connectivity index (χ3n) is 3.22. The second-order valence-electron chi connectivity index (χ2n) is 5.05. The third-order valence-corrected chi connectivity index (χ3v) is 3.22. The molecule has 0 spiro atoms. The molecule has 0 saturated heterocycles. The fourth-order valence-corrected chi connectivity index (χ4v) is 2.12. The molecule has 1 amide bonds. The van der Waals surface area contributed by atoms with E-state index in [1.54, 1.807) is 6.92 Å². The molecule has 126 valence electrons. The molecular weight excluding hydrogens is 327 g/mol. The first-order valence-electron chi connectivity index (χ1n) is 6.97. The molecule has 7 nitrogen and oxygen atoms in total. The van der Waals surface area contributed by atoms with Gasteiger partial charge in [-0.3, -0.25) is 4.79 Å². The molecule has 0 bridgehead atoms. The number of nitrogens with one attached hydrogen (secondary N) is 2. The SMILES string of the molecule is Cc1nc(CCNC(=O)c2ccc3nc(C(F)(F)F)[nH]c3c2)no1. The number of fused-ring (bicyclic) bond motifs is 1. The molecule has 2 N–H and O–H groups in total. The van der Waals surface area contributed by atoms with Crippen LogP contribution in [-0.4, -0.2) is 32.6 Å². The Labute approximate surface area is 133 Å². The summed E-state index contributed by atoms with van der Waals surface area (Å²) in [5, 5.41) is 6.34. The highest BCUT2D eigenvalue weighted by molar-refractivity contribution is 5.97. The Hall–Kier alpha value is -2.91. The van der Waals surface area contributed by atoms with E-state index in [2.05, 4.69) is 25.4 Å². The Bertz CT molecular complexity index is 884. The van der Waals surface area contributed by atoms with E-state index in [1.165, 1.54) is 18.2 Å². The zero-order valence-corrected chi connectivity index (χ0v) is 12.4. The molecule has 2 heterocycles. The number of hydrogen-bond acceptors (Lipinski definition) is 5. The van der Waals surface area contributed by atoms with Gasteiger partial charge in [-0.15, -0.1) is 0 Å². The molecule has 24 heavy (non-hydrogen) atoms. The second-order valence-corrected chi connectivity index (χ2v) is 5.05. The molecule has 0 aliphatic heterocycles.